The number of hydrogen-bond donors (Lipinski definition) is 1. The number of aliphatic hydroxyl groups is 1. The molecule has 3 aromatic heterocycles. The highest BCUT2D eigenvalue weighted by molar-refractivity contribution is 5.96. The summed E-state index contributed by atoms with van der Waals surface area (Å²) < 4.78 is 23.6. The van der Waals surface area contributed by atoms with Gasteiger partial charge in [0.25, 0.3) is 5.91 Å². The number of nitrogens with zero attached hydrogens (tertiary/aromatic N) is 4. The number of aliphatic hydroxyl groups excluding tert-OH is 1. The molecule has 10 heteroatoms. The Bertz CT molecular complexity index is 1630. The molecule has 1 fully saturated rings. The maximum atomic E-state index is 12.7. The van der Waals surface area contributed by atoms with Gasteiger partial charge in [0.05, 0.1) is 38.1 Å². The Kier molecular flexibility index (Phi) is 8.71. The monoisotopic (exact) mass is 570 g/mol. The van der Waals surface area contributed by atoms with E-state index in [2.05, 4.69) is 29.9 Å². The second-order valence-corrected chi connectivity index (χ2v) is 10.5. The van der Waals surface area contributed by atoms with Crippen molar-refractivity contribution in [3.05, 3.63) is 59.4 Å². The zero-order valence-electron chi connectivity index (χ0n) is 24.2. The van der Waals surface area contributed by atoms with Crippen molar-refractivity contribution in [1.29, 1.82) is 5.26 Å². The summed E-state index contributed by atoms with van der Waals surface area (Å²) in [5, 5.41) is 19.2. The minimum Gasteiger partial charge on any atom is -0.494 e. The highest BCUT2D eigenvalue weighted by Crippen LogP contribution is 2.41. The van der Waals surface area contributed by atoms with Crippen LogP contribution in [0.2, 0.25) is 0 Å². The summed E-state index contributed by atoms with van der Waals surface area (Å²) in [6.07, 6.45) is 4.89. The Labute approximate surface area is 244 Å². The number of aromatic nitrogens is 2. The van der Waals surface area contributed by atoms with E-state index in [-0.39, 0.29) is 31.1 Å². The number of pyridine rings is 2. The first kappa shape index (κ1) is 29.0. The van der Waals surface area contributed by atoms with E-state index in [1.165, 1.54) is 18.2 Å². The van der Waals surface area contributed by atoms with Crippen LogP contribution in [0.5, 0.6) is 11.5 Å². The fourth-order valence-corrected chi connectivity index (χ4v) is 5.07. The van der Waals surface area contributed by atoms with Crippen molar-refractivity contribution in [2.45, 2.75) is 38.7 Å². The van der Waals surface area contributed by atoms with Crippen LogP contribution < -0.4 is 9.47 Å². The molecule has 0 aliphatic carbocycles. The molecule has 1 amide bonds. The third kappa shape index (κ3) is 5.79. The van der Waals surface area contributed by atoms with Crippen molar-refractivity contribution in [3.8, 4) is 40.1 Å². The van der Waals surface area contributed by atoms with E-state index in [1.54, 1.807) is 19.2 Å². The second kappa shape index (κ2) is 12.6. The third-order valence-corrected chi connectivity index (χ3v) is 7.38. The van der Waals surface area contributed by atoms with Crippen molar-refractivity contribution >= 4 is 17.0 Å². The maximum absolute atomic E-state index is 12.7. The van der Waals surface area contributed by atoms with Gasteiger partial charge in [-0.15, -0.1) is 0 Å². The van der Waals surface area contributed by atoms with E-state index in [4.69, 9.17) is 18.6 Å². The number of furan rings is 1. The summed E-state index contributed by atoms with van der Waals surface area (Å²) in [7, 11) is 3.11. The molecule has 4 heterocycles. The van der Waals surface area contributed by atoms with Gasteiger partial charge in [0.2, 0.25) is 0 Å². The molecule has 4 aromatic rings. The number of carbonyl (C=O) groups is 1. The molecule has 1 N–H and O–H groups in total. The van der Waals surface area contributed by atoms with Gasteiger partial charge >= 0.3 is 0 Å². The number of fused-ring (bicyclic) bond motifs is 1. The Morgan fingerprint density at radius 1 is 1.17 bits per heavy atom. The molecule has 0 saturated carbocycles. The lowest BCUT2D eigenvalue weighted by Gasteiger charge is -2.24. The van der Waals surface area contributed by atoms with Gasteiger partial charge in [0.15, 0.2) is 11.3 Å². The Balaban J connectivity index is 1.57. The average Bonchev–Trinajstić information content (AvgIpc) is 3.45. The fourth-order valence-electron chi connectivity index (χ4n) is 5.07. The minimum absolute atomic E-state index is 0.0161. The molecule has 1 aliphatic rings. The first-order valence-electron chi connectivity index (χ1n) is 14.0. The normalized spacial score (nSPS) is 13.7. The summed E-state index contributed by atoms with van der Waals surface area (Å²) in [6.45, 7) is 5.53. The molecule has 0 radical (unpaired) electrons. The number of ether oxygens (including phenoxy) is 3. The van der Waals surface area contributed by atoms with Crippen LogP contribution in [0.3, 0.4) is 0 Å². The highest BCUT2D eigenvalue weighted by atomic mass is 16.5. The topological polar surface area (TPSA) is 131 Å². The molecular formula is C32H34N4O6. The van der Waals surface area contributed by atoms with E-state index in [0.29, 0.717) is 58.4 Å². The van der Waals surface area contributed by atoms with Gasteiger partial charge in [0, 0.05) is 50.5 Å². The molecule has 1 aromatic carbocycles. The van der Waals surface area contributed by atoms with E-state index in [9.17, 15) is 15.2 Å². The highest BCUT2D eigenvalue weighted by Gasteiger charge is 2.23. The van der Waals surface area contributed by atoms with Crippen LogP contribution in [0.1, 0.15) is 54.1 Å². The molecule has 5 rings (SSSR count). The van der Waals surface area contributed by atoms with Gasteiger partial charge < -0.3 is 28.6 Å². The summed E-state index contributed by atoms with van der Waals surface area (Å²) in [5.74, 6) is 1.19. The quantitative estimate of drug-likeness (QED) is 0.289. The minimum atomic E-state index is -0.283. The van der Waals surface area contributed by atoms with Crippen molar-refractivity contribution in [2.75, 3.05) is 40.5 Å². The molecule has 0 unspecified atom stereocenters. The number of likely N-dealkylation sites (N-methyl/N-ethyl adjacent to an activating group) is 1. The standard InChI is InChI=1S/C32H34N4O6/c1-19(2)24-18-34-25-15-28(30-27(39-4)14-22(17-35-30)32(38)36(3)9-10-37)42-31(25)29(24)20-5-6-26(21(13-20)16-33)41-23-7-11-40-12-8-23/h5-6,13-15,17-19,23,37H,7-12H2,1-4H3. The van der Waals surface area contributed by atoms with Gasteiger partial charge in [-0.05, 0) is 35.2 Å². The summed E-state index contributed by atoms with van der Waals surface area (Å²) in [6, 6.07) is 11.3. The molecule has 0 bridgehead atoms. The number of rotatable bonds is 9. The van der Waals surface area contributed by atoms with E-state index >= 15 is 0 Å². The van der Waals surface area contributed by atoms with E-state index in [1.807, 2.05) is 24.4 Å². The van der Waals surface area contributed by atoms with Crippen LogP contribution in [0.25, 0.3) is 33.7 Å². The predicted molar refractivity (Wildman–Crippen MR) is 157 cm³/mol. The molecular weight excluding hydrogens is 536 g/mol. The lowest BCUT2D eigenvalue weighted by atomic mass is 9.92. The molecule has 0 spiro atoms. The zero-order chi connectivity index (χ0) is 29.8. The van der Waals surface area contributed by atoms with Crippen LogP contribution in [0.15, 0.2) is 47.1 Å². The Morgan fingerprint density at radius 3 is 2.64 bits per heavy atom. The summed E-state index contributed by atoms with van der Waals surface area (Å²) in [4.78, 5) is 23.3. The van der Waals surface area contributed by atoms with Gasteiger partial charge in [-0.25, -0.2) is 4.98 Å². The van der Waals surface area contributed by atoms with Crippen LogP contribution in [-0.2, 0) is 4.74 Å². The second-order valence-electron chi connectivity index (χ2n) is 10.5. The van der Waals surface area contributed by atoms with Gasteiger partial charge in [-0.2, -0.15) is 5.26 Å². The first-order chi connectivity index (χ1) is 20.3. The molecule has 0 atom stereocenters. The van der Waals surface area contributed by atoms with E-state index < -0.39 is 0 Å². The van der Waals surface area contributed by atoms with E-state index in [0.717, 1.165) is 29.5 Å². The van der Waals surface area contributed by atoms with Gasteiger partial charge in [0.1, 0.15) is 34.9 Å². The fraction of sp³-hybridized carbons (Fsp3) is 0.375. The lowest BCUT2D eigenvalue weighted by Crippen LogP contribution is -2.29. The van der Waals surface area contributed by atoms with Crippen molar-refractivity contribution in [1.82, 2.24) is 14.9 Å². The van der Waals surface area contributed by atoms with Crippen molar-refractivity contribution < 1.29 is 28.5 Å². The molecule has 10 nitrogen and oxygen atoms in total. The predicted octanol–water partition coefficient (Wildman–Crippen LogP) is 5.18. The number of methoxy groups -OCH3 is 1. The smallest absolute Gasteiger partial charge is 0.255 e. The Morgan fingerprint density at radius 2 is 1.95 bits per heavy atom. The van der Waals surface area contributed by atoms with Crippen LogP contribution in [0, 0.1) is 11.3 Å². The lowest BCUT2D eigenvalue weighted by molar-refractivity contribution is 0.0254. The maximum Gasteiger partial charge on any atom is 0.255 e. The third-order valence-electron chi connectivity index (χ3n) is 7.38. The molecule has 42 heavy (non-hydrogen) atoms. The number of benzene rings is 1. The number of nitriles is 1. The number of carbonyl (C=O) groups excluding carboxylic acids is 1. The number of hydrogen-bond acceptors (Lipinski definition) is 9. The largest absolute Gasteiger partial charge is 0.494 e. The molecule has 218 valence electrons. The van der Waals surface area contributed by atoms with Gasteiger partial charge in [-0.3, -0.25) is 9.78 Å². The van der Waals surface area contributed by atoms with Crippen molar-refractivity contribution in [2.24, 2.45) is 0 Å². The zero-order valence-corrected chi connectivity index (χ0v) is 24.2. The summed E-state index contributed by atoms with van der Waals surface area (Å²) >= 11 is 0. The Hall–Kier alpha value is -4.46. The van der Waals surface area contributed by atoms with Crippen LogP contribution in [-0.4, -0.2) is 72.5 Å². The number of amides is 1. The first-order valence-corrected chi connectivity index (χ1v) is 14.0. The van der Waals surface area contributed by atoms with Crippen molar-refractivity contribution in [3.63, 3.8) is 0 Å². The average molecular weight is 571 g/mol. The SMILES string of the molecule is COc1cc(C(=O)N(C)CCO)cnc1-c1cc2ncc(C(C)C)c(-c3ccc(OC4CCOCC4)c(C#N)c3)c2o1. The van der Waals surface area contributed by atoms with Crippen LogP contribution >= 0.6 is 0 Å². The molecule has 1 aliphatic heterocycles. The van der Waals surface area contributed by atoms with Crippen LogP contribution in [0.4, 0.5) is 0 Å². The van der Waals surface area contributed by atoms with Gasteiger partial charge in [-0.1, -0.05) is 19.9 Å². The molecule has 1 saturated heterocycles. The summed E-state index contributed by atoms with van der Waals surface area (Å²) in [5.41, 5.74) is 5.00.